The minimum Gasteiger partial charge on any atom is -0.364 e. The summed E-state index contributed by atoms with van der Waals surface area (Å²) >= 11 is 13.9. The molecule has 14 heavy (non-hydrogen) atoms. The van der Waals surface area contributed by atoms with Gasteiger partial charge < -0.3 is 5.32 Å². The molecule has 0 unspecified atom stereocenters. The second kappa shape index (κ2) is 5.53. The molecule has 1 rings (SSSR count). The lowest BCUT2D eigenvalue weighted by molar-refractivity contribution is 0.624. The first-order valence-electron chi connectivity index (χ1n) is 3.65. The van der Waals surface area contributed by atoms with Crippen molar-refractivity contribution in [2.75, 3.05) is 11.9 Å². The summed E-state index contributed by atoms with van der Waals surface area (Å²) in [6.45, 7) is 0.327. The smallest absolute Gasteiger partial charge is 0.166 e. The number of nitrogens with one attached hydrogen (secondary N) is 1. The van der Waals surface area contributed by atoms with Gasteiger partial charge in [-0.05, 0) is 28.1 Å². The third-order valence-electron chi connectivity index (χ3n) is 1.33. The van der Waals surface area contributed by atoms with Crippen LogP contribution in [0.3, 0.4) is 0 Å². The quantitative estimate of drug-likeness (QED) is 0.920. The summed E-state index contributed by atoms with van der Waals surface area (Å²) in [6, 6.07) is 1.32. The lowest BCUT2D eigenvalue weighted by atomic mass is 10.4. The van der Waals surface area contributed by atoms with Crippen molar-refractivity contribution in [1.29, 1.82) is 0 Å². The van der Waals surface area contributed by atoms with E-state index in [0.717, 1.165) is 0 Å². The highest BCUT2D eigenvalue weighted by Gasteiger charge is 2.02. The Morgan fingerprint density at radius 2 is 2.36 bits per heavy atom. The SMILES string of the molecule is Fc1cc(Br)cnc1NCC=C(Cl)Cl. The van der Waals surface area contributed by atoms with Crippen LogP contribution >= 0.6 is 39.1 Å². The molecule has 0 aliphatic carbocycles. The summed E-state index contributed by atoms with van der Waals surface area (Å²) in [6.07, 6.45) is 3.00. The first-order valence-corrected chi connectivity index (χ1v) is 5.20. The van der Waals surface area contributed by atoms with Crippen molar-refractivity contribution in [1.82, 2.24) is 4.98 Å². The van der Waals surface area contributed by atoms with Crippen LogP contribution < -0.4 is 5.32 Å². The van der Waals surface area contributed by atoms with Gasteiger partial charge >= 0.3 is 0 Å². The molecule has 0 aliphatic heterocycles. The van der Waals surface area contributed by atoms with E-state index in [1.807, 2.05) is 0 Å². The number of hydrogen-bond acceptors (Lipinski definition) is 2. The number of anilines is 1. The van der Waals surface area contributed by atoms with Gasteiger partial charge in [0.15, 0.2) is 11.6 Å². The number of halogens is 4. The summed E-state index contributed by atoms with van der Waals surface area (Å²) in [5.41, 5.74) is 0. The summed E-state index contributed by atoms with van der Waals surface area (Å²) in [7, 11) is 0. The first kappa shape index (κ1) is 11.8. The minimum atomic E-state index is -0.432. The predicted octanol–water partition coefficient (Wildman–Crippen LogP) is 3.71. The van der Waals surface area contributed by atoms with E-state index >= 15 is 0 Å². The standard InChI is InChI=1S/C8H6BrCl2FN2/c9-5-3-6(12)8(14-4-5)13-2-1-7(10)11/h1,3-4H,2H2,(H,13,14). The van der Waals surface area contributed by atoms with Crippen LogP contribution in [0.4, 0.5) is 10.2 Å². The minimum absolute atomic E-state index is 0.134. The van der Waals surface area contributed by atoms with Gasteiger partial charge in [0.1, 0.15) is 4.49 Å². The van der Waals surface area contributed by atoms with E-state index in [0.29, 0.717) is 11.0 Å². The zero-order chi connectivity index (χ0) is 10.6. The zero-order valence-corrected chi connectivity index (χ0v) is 10.00. The number of hydrogen-bond donors (Lipinski definition) is 1. The van der Waals surface area contributed by atoms with Crippen molar-refractivity contribution in [2.24, 2.45) is 0 Å². The number of aromatic nitrogens is 1. The normalized spacial score (nSPS) is 9.71. The third-order valence-corrected chi connectivity index (χ3v) is 2.08. The van der Waals surface area contributed by atoms with E-state index in [4.69, 9.17) is 23.2 Å². The Bertz CT molecular complexity index is 353. The van der Waals surface area contributed by atoms with Crippen molar-refractivity contribution in [3.63, 3.8) is 0 Å². The van der Waals surface area contributed by atoms with Gasteiger partial charge in [0.2, 0.25) is 0 Å². The number of pyridine rings is 1. The maximum atomic E-state index is 13.1. The van der Waals surface area contributed by atoms with Gasteiger partial charge in [-0.15, -0.1) is 0 Å². The molecule has 76 valence electrons. The summed E-state index contributed by atoms with van der Waals surface area (Å²) in [4.78, 5) is 3.83. The molecular formula is C8H6BrCl2FN2. The van der Waals surface area contributed by atoms with Gasteiger partial charge in [0, 0.05) is 17.2 Å². The van der Waals surface area contributed by atoms with Crippen LogP contribution in [0.2, 0.25) is 0 Å². The summed E-state index contributed by atoms with van der Waals surface area (Å²) in [5.74, 6) is -0.266. The molecular weight excluding hydrogens is 294 g/mol. The van der Waals surface area contributed by atoms with Crippen LogP contribution in [0.1, 0.15) is 0 Å². The van der Waals surface area contributed by atoms with Gasteiger partial charge in [-0.3, -0.25) is 0 Å². The maximum absolute atomic E-state index is 13.1. The highest BCUT2D eigenvalue weighted by Crippen LogP contribution is 2.16. The van der Waals surface area contributed by atoms with Gasteiger partial charge in [-0.25, -0.2) is 9.37 Å². The van der Waals surface area contributed by atoms with E-state index in [9.17, 15) is 4.39 Å². The third kappa shape index (κ3) is 3.82. The fourth-order valence-corrected chi connectivity index (χ4v) is 1.23. The molecule has 0 saturated carbocycles. The first-order chi connectivity index (χ1) is 6.59. The van der Waals surface area contributed by atoms with Crippen LogP contribution in [0, 0.1) is 5.82 Å². The lowest BCUT2D eigenvalue weighted by Gasteiger charge is -2.03. The highest BCUT2D eigenvalue weighted by molar-refractivity contribution is 9.10. The van der Waals surface area contributed by atoms with Crippen molar-refractivity contribution in [3.8, 4) is 0 Å². The van der Waals surface area contributed by atoms with Gasteiger partial charge in [0.25, 0.3) is 0 Å². The second-order valence-electron chi connectivity index (χ2n) is 2.36. The molecule has 6 heteroatoms. The molecule has 0 radical (unpaired) electrons. The Balaban J connectivity index is 2.64. The molecule has 0 fully saturated rings. The van der Waals surface area contributed by atoms with Crippen LogP contribution in [0.25, 0.3) is 0 Å². The topological polar surface area (TPSA) is 24.9 Å². The van der Waals surface area contributed by atoms with Gasteiger partial charge in [-0.2, -0.15) is 0 Å². The van der Waals surface area contributed by atoms with Crippen molar-refractivity contribution >= 4 is 44.9 Å². The van der Waals surface area contributed by atoms with Gasteiger partial charge in [-0.1, -0.05) is 23.2 Å². The average molecular weight is 300 g/mol. The van der Waals surface area contributed by atoms with Crippen LogP contribution in [0.15, 0.2) is 27.3 Å². The second-order valence-corrected chi connectivity index (χ2v) is 4.28. The van der Waals surface area contributed by atoms with Crippen molar-refractivity contribution in [3.05, 3.63) is 33.1 Å². The fourth-order valence-electron chi connectivity index (χ4n) is 0.770. The number of nitrogens with zero attached hydrogens (tertiary/aromatic N) is 1. The van der Waals surface area contributed by atoms with E-state index in [1.165, 1.54) is 18.3 Å². The molecule has 2 nitrogen and oxygen atoms in total. The Labute approximate surface area is 99.2 Å². The van der Waals surface area contributed by atoms with E-state index in [2.05, 4.69) is 26.2 Å². The van der Waals surface area contributed by atoms with Gasteiger partial charge in [0.05, 0.1) is 0 Å². The lowest BCUT2D eigenvalue weighted by Crippen LogP contribution is -2.02. The van der Waals surface area contributed by atoms with Crippen molar-refractivity contribution in [2.45, 2.75) is 0 Å². The molecule has 1 heterocycles. The summed E-state index contributed by atoms with van der Waals surface area (Å²) in [5, 5.41) is 2.72. The molecule has 1 aromatic heterocycles. The zero-order valence-electron chi connectivity index (χ0n) is 6.90. The predicted molar refractivity (Wildman–Crippen MR) is 60.2 cm³/mol. The molecule has 0 aromatic carbocycles. The van der Waals surface area contributed by atoms with E-state index < -0.39 is 5.82 Å². The van der Waals surface area contributed by atoms with Crippen LogP contribution in [-0.2, 0) is 0 Å². The van der Waals surface area contributed by atoms with E-state index in [-0.39, 0.29) is 10.3 Å². The summed E-state index contributed by atoms with van der Waals surface area (Å²) < 4.78 is 13.9. The molecule has 1 aromatic rings. The molecule has 0 atom stereocenters. The van der Waals surface area contributed by atoms with Crippen LogP contribution in [-0.4, -0.2) is 11.5 Å². The van der Waals surface area contributed by atoms with Crippen molar-refractivity contribution < 1.29 is 4.39 Å². The Morgan fingerprint density at radius 3 is 2.93 bits per heavy atom. The largest absolute Gasteiger partial charge is 0.364 e. The molecule has 0 bridgehead atoms. The average Bonchev–Trinajstić information content (AvgIpc) is 2.08. The molecule has 1 N–H and O–H groups in total. The molecule has 0 spiro atoms. The Morgan fingerprint density at radius 1 is 1.64 bits per heavy atom. The fraction of sp³-hybridized carbons (Fsp3) is 0.125. The molecule has 0 saturated heterocycles. The van der Waals surface area contributed by atoms with E-state index in [1.54, 1.807) is 0 Å². The Kier molecular flexibility index (Phi) is 4.65. The molecule has 0 aliphatic rings. The monoisotopic (exact) mass is 298 g/mol. The number of rotatable bonds is 3. The molecule has 0 amide bonds. The maximum Gasteiger partial charge on any atom is 0.166 e. The Hall–Kier alpha value is -0.320. The van der Waals surface area contributed by atoms with Crippen LogP contribution in [0.5, 0.6) is 0 Å². The highest BCUT2D eigenvalue weighted by atomic mass is 79.9.